The van der Waals surface area contributed by atoms with Crippen LogP contribution in [0.4, 0.5) is 5.69 Å². The predicted octanol–water partition coefficient (Wildman–Crippen LogP) is 0.249. The first-order chi connectivity index (χ1) is 9.08. The number of aromatic nitrogens is 1. The van der Waals surface area contributed by atoms with Crippen LogP contribution >= 0.6 is 0 Å². The van der Waals surface area contributed by atoms with Crippen molar-refractivity contribution < 1.29 is 19.1 Å². The fraction of sp³-hybridized carbons (Fsp3) is 0.500. The van der Waals surface area contributed by atoms with Crippen LogP contribution in [0.15, 0.2) is 12.3 Å². The molecule has 0 radical (unpaired) electrons. The van der Waals surface area contributed by atoms with E-state index in [1.54, 1.807) is 6.92 Å². The molecule has 7 nitrogen and oxygen atoms in total. The lowest BCUT2D eigenvalue weighted by Gasteiger charge is -2.20. The maximum absolute atomic E-state index is 12.2. The van der Waals surface area contributed by atoms with Crippen LogP contribution in [-0.4, -0.2) is 55.2 Å². The van der Waals surface area contributed by atoms with Gasteiger partial charge in [0.15, 0.2) is 0 Å². The van der Waals surface area contributed by atoms with Crippen LogP contribution in [0.2, 0.25) is 0 Å². The number of nitrogens with two attached hydrogens (primary N) is 1. The summed E-state index contributed by atoms with van der Waals surface area (Å²) in [6, 6.07) is 1.52. The number of rotatable bonds is 7. The monoisotopic (exact) mass is 269 g/mol. The van der Waals surface area contributed by atoms with Crippen molar-refractivity contribution >= 4 is 17.6 Å². The van der Waals surface area contributed by atoms with Crippen molar-refractivity contribution in [1.82, 2.24) is 9.88 Å². The Hall–Kier alpha value is -2.02. The van der Waals surface area contributed by atoms with Crippen LogP contribution in [0.25, 0.3) is 0 Å². The number of amides is 1. The average Bonchev–Trinajstić information content (AvgIpc) is 2.80. The Morgan fingerprint density at radius 3 is 2.74 bits per heavy atom. The molecular formula is C12H19N3O4. The van der Waals surface area contributed by atoms with Gasteiger partial charge in [-0.25, -0.2) is 0 Å². The number of nitrogen functional groups attached to an aromatic ring is 1. The van der Waals surface area contributed by atoms with Gasteiger partial charge in [-0.1, -0.05) is 0 Å². The third kappa shape index (κ3) is 4.63. The highest BCUT2D eigenvalue weighted by Gasteiger charge is 2.20. The summed E-state index contributed by atoms with van der Waals surface area (Å²) in [6.45, 7) is 2.51. The number of carbonyl (C=O) groups excluding carboxylic acids is 2. The number of esters is 1. The van der Waals surface area contributed by atoms with Gasteiger partial charge in [0, 0.05) is 25.5 Å². The molecule has 3 N–H and O–H groups in total. The van der Waals surface area contributed by atoms with E-state index < -0.39 is 5.97 Å². The molecule has 0 aliphatic carbocycles. The van der Waals surface area contributed by atoms with Gasteiger partial charge in [0.05, 0.1) is 13.2 Å². The summed E-state index contributed by atoms with van der Waals surface area (Å²) in [5.74, 6) is -0.770. The molecule has 0 unspecified atom stereocenters. The lowest BCUT2D eigenvalue weighted by Crippen LogP contribution is -2.38. The molecule has 0 atom stereocenters. The van der Waals surface area contributed by atoms with Crippen LogP contribution in [0, 0.1) is 0 Å². The van der Waals surface area contributed by atoms with E-state index in [2.05, 4.69) is 4.98 Å². The van der Waals surface area contributed by atoms with Gasteiger partial charge in [0.2, 0.25) is 0 Å². The second kappa shape index (κ2) is 7.42. The molecule has 1 amide bonds. The third-order valence-corrected chi connectivity index (χ3v) is 2.41. The van der Waals surface area contributed by atoms with Crippen LogP contribution in [0.3, 0.4) is 0 Å². The van der Waals surface area contributed by atoms with E-state index in [9.17, 15) is 9.59 Å². The zero-order chi connectivity index (χ0) is 14.3. The minimum atomic E-state index is -0.452. The maximum atomic E-state index is 12.2. The summed E-state index contributed by atoms with van der Waals surface area (Å²) >= 11 is 0. The van der Waals surface area contributed by atoms with Gasteiger partial charge in [-0.3, -0.25) is 9.59 Å². The summed E-state index contributed by atoms with van der Waals surface area (Å²) in [5, 5.41) is 0. The predicted molar refractivity (Wildman–Crippen MR) is 69.6 cm³/mol. The van der Waals surface area contributed by atoms with Crippen LogP contribution in [0.1, 0.15) is 17.4 Å². The molecule has 0 aliphatic rings. The molecule has 1 aromatic heterocycles. The van der Waals surface area contributed by atoms with E-state index >= 15 is 0 Å². The molecule has 0 saturated carbocycles. The number of nitrogens with one attached hydrogen (secondary N) is 1. The third-order valence-electron chi connectivity index (χ3n) is 2.41. The smallest absolute Gasteiger partial charge is 0.325 e. The van der Waals surface area contributed by atoms with Crippen LogP contribution < -0.4 is 5.73 Å². The van der Waals surface area contributed by atoms with Gasteiger partial charge in [0.25, 0.3) is 5.91 Å². The highest BCUT2D eigenvalue weighted by atomic mass is 16.5. The lowest BCUT2D eigenvalue weighted by atomic mass is 10.3. The molecule has 0 bridgehead atoms. The van der Waals surface area contributed by atoms with Gasteiger partial charge in [-0.2, -0.15) is 0 Å². The number of ether oxygens (including phenoxy) is 2. The van der Waals surface area contributed by atoms with E-state index in [1.165, 1.54) is 24.3 Å². The summed E-state index contributed by atoms with van der Waals surface area (Å²) in [6.07, 6.45) is 1.52. The van der Waals surface area contributed by atoms with Crippen LogP contribution in [0.5, 0.6) is 0 Å². The van der Waals surface area contributed by atoms with E-state index in [-0.39, 0.29) is 19.1 Å². The number of nitrogens with zero attached hydrogens (tertiary/aromatic N) is 1. The van der Waals surface area contributed by atoms with Crippen molar-refractivity contribution in [2.75, 3.05) is 39.1 Å². The second-order valence-electron chi connectivity index (χ2n) is 3.87. The Kier molecular flexibility index (Phi) is 5.87. The quantitative estimate of drug-likeness (QED) is 0.691. The second-order valence-corrected chi connectivity index (χ2v) is 3.87. The fourth-order valence-electron chi connectivity index (χ4n) is 1.52. The number of aromatic amines is 1. The topological polar surface area (TPSA) is 97.7 Å². The molecule has 19 heavy (non-hydrogen) atoms. The molecule has 0 saturated heterocycles. The lowest BCUT2D eigenvalue weighted by molar-refractivity contribution is -0.143. The van der Waals surface area contributed by atoms with Crippen molar-refractivity contribution in [3.05, 3.63) is 18.0 Å². The van der Waals surface area contributed by atoms with Crippen molar-refractivity contribution in [2.45, 2.75) is 6.92 Å². The van der Waals surface area contributed by atoms with Gasteiger partial charge in [0.1, 0.15) is 12.2 Å². The normalized spacial score (nSPS) is 10.2. The Bertz CT molecular complexity index is 430. The highest BCUT2D eigenvalue weighted by molar-refractivity contribution is 5.95. The molecule has 0 aromatic carbocycles. The zero-order valence-electron chi connectivity index (χ0n) is 11.1. The maximum Gasteiger partial charge on any atom is 0.325 e. The number of hydrogen-bond acceptors (Lipinski definition) is 5. The van der Waals surface area contributed by atoms with Crippen molar-refractivity contribution in [3.63, 3.8) is 0 Å². The Balaban J connectivity index is 2.72. The average molecular weight is 269 g/mol. The van der Waals surface area contributed by atoms with E-state index in [1.807, 2.05) is 0 Å². The molecule has 0 fully saturated rings. The van der Waals surface area contributed by atoms with Crippen LogP contribution in [-0.2, 0) is 14.3 Å². The fourth-order valence-corrected chi connectivity index (χ4v) is 1.52. The minimum Gasteiger partial charge on any atom is -0.465 e. The summed E-state index contributed by atoms with van der Waals surface area (Å²) < 4.78 is 9.76. The zero-order valence-corrected chi connectivity index (χ0v) is 11.1. The number of anilines is 1. The number of carbonyl (C=O) groups is 2. The first kappa shape index (κ1) is 15.0. The highest BCUT2D eigenvalue weighted by Crippen LogP contribution is 2.08. The summed E-state index contributed by atoms with van der Waals surface area (Å²) in [4.78, 5) is 27.8. The molecule has 1 aromatic rings. The number of methoxy groups -OCH3 is 1. The van der Waals surface area contributed by atoms with E-state index in [0.29, 0.717) is 24.5 Å². The molecule has 7 heteroatoms. The van der Waals surface area contributed by atoms with Crippen molar-refractivity contribution in [2.24, 2.45) is 0 Å². The standard InChI is InChI=1S/C12H19N3O4/c1-3-19-11(16)8-15(4-5-18-2)12(17)10-6-9(13)7-14-10/h6-7,14H,3-5,8,13H2,1-2H3. The number of hydrogen-bond donors (Lipinski definition) is 2. The minimum absolute atomic E-state index is 0.116. The summed E-state index contributed by atoms with van der Waals surface area (Å²) in [7, 11) is 1.53. The van der Waals surface area contributed by atoms with Crippen molar-refractivity contribution in [3.8, 4) is 0 Å². The van der Waals surface area contributed by atoms with E-state index in [0.717, 1.165) is 0 Å². The van der Waals surface area contributed by atoms with Gasteiger partial charge in [-0.15, -0.1) is 0 Å². The Labute approximate surface area is 111 Å². The first-order valence-electron chi connectivity index (χ1n) is 5.96. The van der Waals surface area contributed by atoms with E-state index in [4.69, 9.17) is 15.2 Å². The summed E-state index contributed by atoms with van der Waals surface area (Å²) in [5.41, 5.74) is 6.34. The SMILES string of the molecule is CCOC(=O)CN(CCOC)C(=O)c1cc(N)c[nH]1. The van der Waals surface area contributed by atoms with Gasteiger partial charge in [-0.05, 0) is 13.0 Å². The molecule has 0 spiro atoms. The largest absolute Gasteiger partial charge is 0.465 e. The Morgan fingerprint density at radius 2 is 2.21 bits per heavy atom. The molecule has 0 aliphatic heterocycles. The molecule has 106 valence electrons. The molecule has 1 rings (SSSR count). The van der Waals surface area contributed by atoms with Crippen molar-refractivity contribution in [1.29, 1.82) is 0 Å². The molecule has 1 heterocycles. The Morgan fingerprint density at radius 1 is 1.47 bits per heavy atom. The van der Waals surface area contributed by atoms with Gasteiger partial charge < -0.3 is 25.1 Å². The molecular weight excluding hydrogens is 250 g/mol. The van der Waals surface area contributed by atoms with Gasteiger partial charge >= 0.3 is 5.97 Å². The first-order valence-corrected chi connectivity index (χ1v) is 5.96. The number of H-pyrrole nitrogens is 1.